The average molecular weight is 419 g/mol. The molecule has 0 unspecified atom stereocenters. The van der Waals surface area contributed by atoms with E-state index in [1.54, 1.807) is 7.05 Å². The molecule has 0 aliphatic carbocycles. The molecule has 0 N–H and O–H groups in total. The van der Waals surface area contributed by atoms with Crippen LogP contribution in [-0.2, 0) is 19.8 Å². The number of aryl methyl sites for hydroxylation is 3. The zero-order valence-electron chi connectivity index (χ0n) is 17.3. The van der Waals surface area contributed by atoms with E-state index in [1.807, 2.05) is 43.3 Å². The van der Waals surface area contributed by atoms with Gasteiger partial charge in [-0.05, 0) is 31.0 Å². The minimum atomic E-state index is -0.406. The lowest BCUT2D eigenvalue weighted by Gasteiger charge is -2.12. The predicted octanol–water partition coefficient (Wildman–Crippen LogP) is 3.60. The zero-order chi connectivity index (χ0) is 21.4. The number of hydrogen-bond acceptors (Lipinski definition) is 5. The van der Waals surface area contributed by atoms with Gasteiger partial charge in [0.25, 0.3) is 5.56 Å². The summed E-state index contributed by atoms with van der Waals surface area (Å²) in [5, 5.41) is 0.950. The first-order valence-corrected chi connectivity index (χ1v) is 10.6. The SMILES string of the molecule is Cc1cccc(-c2nc(SCc3ccccc3C)c3c(=O)n(C)c(=O)n(C)c3n2)c1. The number of aromatic nitrogens is 4. The smallest absolute Gasteiger partial charge is 0.280 e. The fourth-order valence-corrected chi connectivity index (χ4v) is 4.45. The summed E-state index contributed by atoms with van der Waals surface area (Å²) in [6.07, 6.45) is 0. The van der Waals surface area contributed by atoms with Crippen molar-refractivity contribution < 1.29 is 0 Å². The highest BCUT2D eigenvalue weighted by molar-refractivity contribution is 7.98. The standard InChI is InChI=1S/C23H22N4O2S/c1-14-8-7-11-16(12-14)19-24-20-18(22(28)27(4)23(29)26(20)3)21(25-19)30-13-17-10-6-5-9-15(17)2/h5-12H,13H2,1-4H3. The predicted molar refractivity (Wildman–Crippen MR) is 121 cm³/mol. The Kier molecular flexibility index (Phi) is 5.30. The Labute approximate surface area is 178 Å². The largest absolute Gasteiger partial charge is 0.332 e. The molecule has 0 amide bonds. The number of fused-ring (bicyclic) bond motifs is 1. The second-order valence-corrected chi connectivity index (χ2v) is 8.31. The second kappa shape index (κ2) is 7.91. The monoisotopic (exact) mass is 418 g/mol. The van der Waals surface area contributed by atoms with Gasteiger partial charge in [0.05, 0.1) is 0 Å². The first-order valence-electron chi connectivity index (χ1n) is 9.59. The Balaban J connectivity index is 1.95. The molecule has 4 rings (SSSR count). The van der Waals surface area contributed by atoms with Crippen molar-refractivity contribution >= 4 is 22.8 Å². The Morgan fingerprint density at radius 1 is 0.933 bits per heavy atom. The molecule has 0 atom stereocenters. The fraction of sp³-hybridized carbons (Fsp3) is 0.217. The summed E-state index contributed by atoms with van der Waals surface area (Å²) >= 11 is 1.49. The highest BCUT2D eigenvalue weighted by Gasteiger charge is 2.18. The van der Waals surface area contributed by atoms with Gasteiger partial charge in [-0.25, -0.2) is 14.8 Å². The van der Waals surface area contributed by atoms with Crippen LogP contribution in [0.15, 0.2) is 63.1 Å². The van der Waals surface area contributed by atoms with Crippen molar-refractivity contribution in [3.05, 3.63) is 86.1 Å². The quantitative estimate of drug-likeness (QED) is 0.374. The van der Waals surface area contributed by atoms with Gasteiger partial charge in [0.1, 0.15) is 10.4 Å². The van der Waals surface area contributed by atoms with Crippen LogP contribution in [0.4, 0.5) is 0 Å². The Morgan fingerprint density at radius 3 is 2.43 bits per heavy atom. The molecule has 0 radical (unpaired) electrons. The van der Waals surface area contributed by atoms with Gasteiger partial charge < -0.3 is 0 Å². The number of hydrogen-bond donors (Lipinski definition) is 0. The normalized spacial score (nSPS) is 11.2. The van der Waals surface area contributed by atoms with Crippen LogP contribution in [0, 0.1) is 13.8 Å². The number of thioether (sulfide) groups is 1. The van der Waals surface area contributed by atoms with Gasteiger partial charge in [-0.15, -0.1) is 11.8 Å². The van der Waals surface area contributed by atoms with E-state index in [-0.39, 0.29) is 5.56 Å². The van der Waals surface area contributed by atoms with Crippen molar-refractivity contribution in [1.82, 2.24) is 19.1 Å². The summed E-state index contributed by atoms with van der Waals surface area (Å²) < 4.78 is 2.52. The zero-order valence-corrected chi connectivity index (χ0v) is 18.2. The molecule has 6 nitrogen and oxygen atoms in total. The minimum Gasteiger partial charge on any atom is -0.280 e. The van der Waals surface area contributed by atoms with Gasteiger partial charge in [-0.2, -0.15) is 0 Å². The molecule has 0 fully saturated rings. The fourth-order valence-electron chi connectivity index (χ4n) is 3.36. The number of rotatable bonds is 4. The minimum absolute atomic E-state index is 0.349. The Bertz CT molecular complexity index is 1390. The van der Waals surface area contributed by atoms with E-state index in [2.05, 4.69) is 24.0 Å². The highest BCUT2D eigenvalue weighted by Crippen LogP contribution is 2.29. The van der Waals surface area contributed by atoms with Crippen LogP contribution in [0.1, 0.15) is 16.7 Å². The molecule has 2 heterocycles. The number of benzene rings is 2. The average Bonchev–Trinajstić information content (AvgIpc) is 2.75. The summed E-state index contributed by atoms with van der Waals surface area (Å²) in [5.41, 5.74) is 3.86. The van der Waals surface area contributed by atoms with Gasteiger partial charge in [-0.1, -0.05) is 48.0 Å². The first-order chi connectivity index (χ1) is 14.4. The van der Waals surface area contributed by atoms with Gasteiger partial charge in [0.2, 0.25) is 0 Å². The molecule has 0 saturated carbocycles. The molecule has 0 spiro atoms. The molecule has 152 valence electrons. The molecule has 2 aromatic heterocycles. The number of nitrogens with zero attached hydrogens (tertiary/aromatic N) is 4. The third-order valence-corrected chi connectivity index (χ3v) is 6.19. The maximum atomic E-state index is 13.0. The van der Waals surface area contributed by atoms with E-state index in [0.717, 1.165) is 15.7 Å². The molecule has 0 bridgehead atoms. The summed E-state index contributed by atoms with van der Waals surface area (Å²) in [6.45, 7) is 4.07. The lowest BCUT2D eigenvalue weighted by Crippen LogP contribution is -2.37. The molecule has 0 aliphatic rings. The van der Waals surface area contributed by atoms with E-state index in [1.165, 1.54) is 34.5 Å². The highest BCUT2D eigenvalue weighted by atomic mass is 32.2. The van der Waals surface area contributed by atoms with Crippen LogP contribution in [0.2, 0.25) is 0 Å². The van der Waals surface area contributed by atoms with E-state index in [4.69, 9.17) is 4.98 Å². The lowest BCUT2D eigenvalue weighted by atomic mass is 10.1. The molecular formula is C23H22N4O2S. The van der Waals surface area contributed by atoms with E-state index in [0.29, 0.717) is 27.6 Å². The molecule has 4 aromatic rings. The third kappa shape index (κ3) is 3.57. The molecule has 2 aromatic carbocycles. The van der Waals surface area contributed by atoms with Crippen LogP contribution in [0.25, 0.3) is 22.4 Å². The molecule has 0 saturated heterocycles. The van der Waals surface area contributed by atoms with Gasteiger partial charge in [0, 0.05) is 25.4 Å². The molecule has 0 aliphatic heterocycles. The van der Waals surface area contributed by atoms with E-state index >= 15 is 0 Å². The van der Waals surface area contributed by atoms with E-state index < -0.39 is 5.69 Å². The van der Waals surface area contributed by atoms with Crippen molar-refractivity contribution in [3.63, 3.8) is 0 Å². The van der Waals surface area contributed by atoms with Gasteiger partial charge >= 0.3 is 5.69 Å². The summed E-state index contributed by atoms with van der Waals surface area (Å²) in [7, 11) is 3.11. The van der Waals surface area contributed by atoms with Crippen molar-refractivity contribution in [1.29, 1.82) is 0 Å². The third-order valence-electron chi connectivity index (χ3n) is 5.17. The maximum Gasteiger partial charge on any atom is 0.332 e. The van der Waals surface area contributed by atoms with Crippen LogP contribution in [0.3, 0.4) is 0 Å². The maximum absolute atomic E-state index is 13.0. The molecule has 7 heteroatoms. The molecule has 30 heavy (non-hydrogen) atoms. The van der Waals surface area contributed by atoms with Gasteiger partial charge in [-0.3, -0.25) is 13.9 Å². The first kappa shape index (κ1) is 20.1. The van der Waals surface area contributed by atoms with Crippen molar-refractivity contribution in [2.24, 2.45) is 14.1 Å². The van der Waals surface area contributed by atoms with Crippen molar-refractivity contribution in [3.8, 4) is 11.4 Å². The lowest BCUT2D eigenvalue weighted by molar-refractivity contribution is 0.703. The van der Waals surface area contributed by atoms with Crippen molar-refractivity contribution in [2.75, 3.05) is 0 Å². The van der Waals surface area contributed by atoms with Crippen LogP contribution >= 0.6 is 11.8 Å². The molecular weight excluding hydrogens is 396 g/mol. The second-order valence-electron chi connectivity index (χ2n) is 7.34. The summed E-state index contributed by atoms with van der Waals surface area (Å²) in [5.74, 6) is 1.17. The van der Waals surface area contributed by atoms with Crippen LogP contribution in [0.5, 0.6) is 0 Å². The van der Waals surface area contributed by atoms with Crippen LogP contribution < -0.4 is 11.2 Å². The topological polar surface area (TPSA) is 69.8 Å². The summed E-state index contributed by atoms with van der Waals surface area (Å²) in [6, 6.07) is 16.0. The Hall–Kier alpha value is -3.19. The van der Waals surface area contributed by atoms with Gasteiger partial charge in [0.15, 0.2) is 11.5 Å². The van der Waals surface area contributed by atoms with Crippen LogP contribution in [-0.4, -0.2) is 19.1 Å². The van der Waals surface area contributed by atoms with Crippen molar-refractivity contribution in [2.45, 2.75) is 24.6 Å². The summed E-state index contributed by atoms with van der Waals surface area (Å²) in [4.78, 5) is 34.8. The van der Waals surface area contributed by atoms with E-state index in [9.17, 15) is 9.59 Å². The Morgan fingerprint density at radius 2 is 1.70 bits per heavy atom.